The van der Waals surface area contributed by atoms with Crippen molar-refractivity contribution in [2.45, 2.75) is 64.5 Å². The van der Waals surface area contributed by atoms with Gasteiger partial charge >= 0.3 is 0 Å². The Balaban J connectivity index is 0.00000196. The lowest BCUT2D eigenvalue weighted by Crippen LogP contribution is -2.38. The van der Waals surface area contributed by atoms with E-state index in [2.05, 4.69) is 19.2 Å². The molecule has 0 radical (unpaired) electrons. The van der Waals surface area contributed by atoms with Crippen LogP contribution in [0.5, 0.6) is 0 Å². The number of hydrogen-bond donors (Lipinski definition) is 2. The van der Waals surface area contributed by atoms with Crippen molar-refractivity contribution >= 4 is 12.4 Å². The highest BCUT2D eigenvalue weighted by molar-refractivity contribution is 5.85. The molecule has 0 spiro atoms. The Morgan fingerprint density at radius 1 is 1.20 bits per heavy atom. The smallest absolute Gasteiger partial charge is 0.0580 e. The van der Waals surface area contributed by atoms with Crippen LogP contribution in [0.4, 0.5) is 0 Å². The Labute approximate surface area is 100 Å². The molecule has 1 aliphatic rings. The summed E-state index contributed by atoms with van der Waals surface area (Å²) in [6.07, 6.45) is 7.06. The van der Waals surface area contributed by atoms with Crippen molar-refractivity contribution in [2.75, 3.05) is 6.54 Å². The quantitative estimate of drug-likeness (QED) is 0.768. The summed E-state index contributed by atoms with van der Waals surface area (Å²) in [5, 5.41) is 13.3. The average molecular weight is 236 g/mol. The van der Waals surface area contributed by atoms with E-state index in [-0.39, 0.29) is 18.5 Å². The van der Waals surface area contributed by atoms with Gasteiger partial charge < -0.3 is 10.4 Å². The van der Waals surface area contributed by atoms with Crippen LogP contribution in [0.15, 0.2) is 0 Å². The zero-order valence-corrected chi connectivity index (χ0v) is 10.9. The SMILES string of the molecule is CCC(CC)NC[C@@H]1CCCC[C@@H]1O.Cl. The summed E-state index contributed by atoms with van der Waals surface area (Å²) in [6.45, 7) is 5.45. The van der Waals surface area contributed by atoms with Crippen LogP contribution in [0.2, 0.25) is 0 Å². The van der Waals surface area contributed by atoms with Crippen molar-refractivity contribution in [3.63, 3.8) is 0 Å². The van der Waals surface area contributed by atoms with Gasteiger partial charge in [0.15, 0.2) is 0 Å². The van der Waals surface area contributed by atoms with Gasteiger partial charge in [-0.15, -0.1) is 12.4 Å². The summed E-state index contributed by atoms with van der Waals surface area (Å²) >= 11 is 0. The molecule has 0 bridgehead atoms. The van der Waals surface area contributed by atoms with E-state index in [1.165, 1.54) is 32.1 Å². The Kier molecular flexibility index (Phi) is 8.49. The predicted octanol–water partition coefficient (Wildman–Crippen LogP) is 2.74. The van der Waals surface area contributed by atoms with Crippen LogP contribution in [0.3, 0.4) is 0 Å². The highest BCUT2D eigenvalue weighted by atomic mass is 35.5. The first-order valence-electron chi connectivity index (χ1n) is 6.19. The zero-order valence-electron chi connectivity index (χ0n) is 10.0. The van der Waals surface area contributed by atoms with Crippen molar-refractivity contribution in [1.82, 2.24) is 5.32 Å². The van der Waals surface area contributed by atoms with Crippen LogP contribution < -0.4 is 5.32 Å². The fraction of sp³-hybridized carbons (Fsp3) is 1.00. The summed E-state index contributed by atoms with van der Waals surface area (Å²) in [5.41, 5.74) is 0. The van der Waals surface area contributed by atoms with Crippen molar-refractivity contribution < 1.29 is 5.11 Å². The van der Waals surface area contributed by atoms with Gasteiger partial charge in [0, 0.05) is 12.6 Å². The minimum Gasteiger partial charge on any atom is -0.393 e. The highest BCUT2D eigenvalue weighted by Crippen LogP contribution is 2.23. The minimum atomic E-state index is -0.0504. The molecule has 1 saturated carbocycles. The van der Waals surface area contributed by atoms with Gasteiger partial charge in [0.05, 0.1) is 6.10 Å². The normalized spacial score (nSPS) is 26.4. The number of aliphatic hydroxyl groups excluding tert-OH is 1. The molecular formula is C12H26ClNO. The Morgan fingerprint density at radius 3 is 2.33 bits per heavy atom. The summed E-state index contributed by atoms with van der Waals surface area (Å²) in [4.78, 5) is 0. The van der Waals surface area contributed by atoms with Gasteiger partial charge in [-0.05, 0) is 31.6 Å². The second-order valence-electron chi connectivity index (χ2n) is 4.53. The second-order valence-corrected chi connectivity index (χ2v) is 4.53. The molecule has 1 fully saturated rings. The average Bonchev–Trinajstić information content (AvgIpc) is 2.22. The molecule has 0 aromatic heterocycles. The third kappa shape index (κ3) is 5.19. The molecule has 3 heteroatoms. The van der Waals surface area contributed by atoms with Crippen molar-refractivity contribution in [2.24, 2.45) is 5.92 Å². The molecule has 0 saturated heterocycles. The molecule has 0 unspecified atom stereocenters. The minimum absolute atomic E-state index is 0. The molecule has 2 N–H and O–H groups in total. The summed E-state index contributed by atoms with van der Waals surface area (Å²) < 4.78 is 0. The molecule has 15 heavy (non-hydrogen) atoms. The maximum absolute atomic E-state index is 9.79. The zero-order chi connectivity index (χ0) is 10.4. The Hall–Kier alpha value is 0.210. The molecule has 0 aromatic carbocycles. The summed E-state index contributed by atoms with van der Waals surface area (Å²) in [6, 6.07) is 0.643. The lowest BCUT2D eigenvalue weighted by atomic mass is 9.86. The van der Waals surface area contributed by atoms with Crippen LogP contribution in [-0.2, 0) is 0 Å². The fourth-order valence-electron chi connectivity index (χ4n) is 2.32. The van der Waals surface area contributed by atoms with Crippen LogP contribution in [0.25, 0.3) is 0 Å². The number of halogens is 1. The van der Waals surface area contributed by atoms with E-state index in [9.17, 15) is 5.11 Å². The van der Waals surface area contributed by atoms with E-state index in [1.807, 2.05) is 0 Å². The summed E-state index contributed by atoms with van der Waals surface area (Å²) in [5.74, 6) is 0.504. The van der Waals surface area contributed by atoms with E-state index < -0.39 is 0 Å². The van der Waals surface area contributed by atoms with Gasteiger partial charge in [0.25, 0.3) is 0 Å². The molecular weight excluding hydrogens is 210 g/mol. The maximum Gasteiger partial charge on any atom is 0.0580 e. The lowest BCUT2D eigenvalue weighted by molar-refractivity contribution is 0.0679. The number of aliphatic hydroxyl groups is 1. The molecule has 1 aliphatic carbocycles. The van der Waals surface area contributed by atoms with Crippen LogP contribution in [-0.4, -0.2) is 23.8 Å². The molecule has 0 aromatic rings. The topological polar surface area (TPSA) is 32.3 Å². The molecule has 1 rings (SSSR count). The van der Waals surface area contributed by atoms with E-state index in [0.717, 1.165) is 13.0 Å². The third-order valence-corrected chi connectivity index (χ3v) is 3.52. The van der Waals surface area contributed by atoms with Crippen LogP contribution in [0.1, 0.15) is 52.4 Å². The number of hydrogen-bond acceptors (Lipinski definition) is 2. The lowest BCUT2D eigenvalue weighted by Gasteiger charge is -2.29. The monoisotopic (exact) mass is 235 g/mol. The molecule has 0 heterocycles. The van der Waals surface area contributed by atoms with E-state index in [4.69, 9.17) is 0 Å². The summed E-state index contributed by atoms with van der Waals surface area (Å²) in [7, 11) is 0. The van der Waals surface area contributed by atoms with Crippen molar-refractivity contribution in [3.8, 4) is 0 Å². The molecule has 2 nitrogen and oxygen atoms in total. The standard InChI is InChI=1S/C12H25NO.ClH/c1-3-11(4-2)13-9-10-7-5-6-8-12(10)14;/h10-14H,3-9H2,1-2H3;1H/t10-,12-;/m0./s1. The van der Waals surface area contributed by atoms with Crippen molar-refractivity contribution in [1.29, 1.82) is 0 Å². The predicted molar refractivity (Wildman–Crippen MR) is 67.6 cm³/mol. The largest absolute Gasteiger partial charge is 0.393 e. The molecule has 0 aliphatic heterocycles. The molecule has 92 valence electrons. The van der Waals surface area contributed by atoms with Gasteiger partial charge in [-0.1, -0.05) is 26.7 Å². The van der Waals surface area contributed by atoms with Gasteiger partial charge in [-0.3, -0.25) is 0 Å². The number of rotatable bonds is 5. The van der Waals surface area contributed by atoms with Gasteiger partial charge in [-0.2, -0.15) is 0 Å². The molecule has 2 atom stereocenters. The van der Waals surface area contributed by atoms with E-state index in [1.54, 1.807) is 0 Å². The third-order valence-electron chi connectivity index (χ3n) is 3.52. The maximum atomic E-state index is 9.79. The van der Waals surface area contributed by atoms with Crippen LogP contribution >= 0.6 is 12.4 Å². The van der Waals surface area contributed by atoms with E-state index in [0.29, 0.717) is 12.0 Å². The van der Waals surface area contributed by atoms with Crippen LogP contribution in [0, 0.1) is 5.92 Å². The Bertz CT molecular complexity index is 151. The van der Waals surface area contributed by atoms with Crippen molar-refractivity contribution in [3.05, 3.63) is 0 Å². The van der Waals surface area contributed by atoms with Gasteiger partial charge in [0.1, 0.15) is 0 Å². The van der Waals surface area contributed by atoms with Gasteiger partial charge in [0.2, 0.25) is 0 Å². The first kappa shape index (κ1) is 15.2. The fourth-order valence-corrected chi connectivity index (χ4v) is 2.32. The first-order chi connectivity index (χ1) is 6.77. The Morgan fingerprint density at radius 2 is 1.80 bits per heavy atom. The second kappa shape index (κ2) is 8.37. The number of nitrogens with one attached hydrogen (secondary N) is 1. The highest BCUT2D eigenvalue weighted by Gasteiger charge is 2.22. The van der Waals surface area contributed by atoms with Gasteiger partial charge in [-0.25, -0.2) is 0 Å². The molecule has 0 amide bonds. The first-order valence-corrected chi connectivity index (χ1v) is 6.19. The van der Waals surface area contributed by atoms with E-state index >= 15 is 0 Å².